The predicted octanol–water partition coefficient (Wildman–Crippen LogP) is 3.63. The van der Waals surface area contributed by atoms with Crippen molar-refractivity contribution in [1.29, 1.82) is 0 Å². The summed E-state index contributed by atoms with van der Waals surface area (Å²) in [6.07, 6.45) is 10.4. The molecule has 1 aromatic heterocycles. The van der Waals surface area contributed by atoms with Crippen LogP contribution in [-0.4, -0.2) is 16.1 Å². The van der Waals surface area contributed by atoms with Crippen molar-refractivity contribution in [3.63, 3.8) is 0 Å². The Labute approximate surface area is 113 Å². The van der Waals surface area contributed by atoms with E-state index in [0.29, 0.717) is 6.04 Å². The highest BCUT2D eigenvalue weighted by molar-refractivity contribution is 5.79. The van der Waals surface area contributed by atoms with E-state index in [0.717, 1.165) is 6.54 Å². The molecule has 1 aromatic carbocycles. The van der Waals surface area contributed by atoms with Gasteiger partial charge in [0.2, 0.25) is 0 Å². The van der Waals surface area contributed by atoms with Crippen LogP contribution in [0.2, 0.25) is 0 Å². The Balaban J connectivity index is 1.82. The van der Waals surface area contributed by atoms with Crippen LogP contribution in [0.3, 0.4) is 0 Å². The van der Waals surface area contributed by atoms with Gasteiger partial charge in [-0.15, -0.1) is 0 Å². The van der Waals surface area contributed by atoms with E-state index in [-0.39, 0.29) is 0 Å². The molecular weight excluding hydrogens is 234 g/mol. The smallest absolute Gasteiger partial charge is 0.0953 e. The van der Waals surface area contributed by atoms with E-state index in [1.807, 2.05) is 12.5 Å². The number of anilines is 1. The summed E-state index contributed by atoms with van der Waals surface area (Å²) in [4.78, 5) is 4.39. The summed E-state index contributed by atoms with van der Waals surface area (Å²) < 4.78 is 2.37. The first-order valence-electron chi connectivity index (χ1n) is 7.31. The van der Waals surface area contributed by atoms with E-state index in [2.05, 4.69) is 33.1 Å². The molecule has 1 fully saturated rings. The molecule has 3 heteroatoms. The van der Waals surface area contributed by atoms with Gasteiger partial charge in [0.15, 0.2) is 0 Å². The van der Waals surface area contributed by atoms with Gasteiger partial charge in [-0.05, 0) is 37.7 Å². The first kappa shape index (κ1) is 11.1. The van der Waals surface area contributed by atoms with Gasteiger partial charge in [-0.1, -0.05) is 18.2 Å². The second-order valence-electron chi connectivity index (χ2n) is 5.64. The number of hydrogen-bond donors (Lipinski definition) is 1. The number of nitrogens with one attached hydrogen (secondary N) is 1. The maximum Gasteiger partial charge on any atom is 0.0953 e. The second-order valence-corrected chi connectivity index (χ2v) is 5.64. The Morgan fingerprint density at radius 2 is 2.16 bits per heavy atom. The molecule has 0 bridgehead atoms. The van der Waals surface area contributed by atoms with Gasteiger partial charge < -0.3 is 9.88 Å². The molecule has 2 aromatic rings. The largest absolute Gasteiger partial charge is 0.384 e. The summed E-state index contributed by atoms with van der Waals surface area (Å²) in [6.45, 7) is 1.08. The van der Waals surface area contributed by atoms with E-state index >= 15 is 0 Å². The molecule has 0 saturated heterocycles. The molecule has 0 amide bonds. The molecule has 19 heavy (non-hydrogen) atoms. The minimum Gasteiger partial charge on any atom is -0.384 e. The Hall–Kier alpha value is -1.77. The number of hydrogen-bond acceptors (Lipinski definition) is 2. The van der Waals surface area contributed by atoms with Gasteiger partial charge in [0, 0.05) is 23.8 Å². The lowest BCUT2D eigenvalue weighted by molar-refractivity contribution is 0.316. The zero-order valence-corrected chi connectivity index (χ0v) is 11.1. The standard InChI is InChI=1S/C16H19N3/c1-4-12-5-3-9-18-16(12)14(8-1)15-10-17-11-19(15)13-6-2-7-13/h1,4,8,10-11,13,18H,2-3,5-7,9H2. The highest BCUT2D eigenvalue weighted by Crippen LogP contribution is 2.39. The molecule has 4 rings (SSSR count). The van der Waals surface area contributed by atoms with Crippen LogP contribution in [0.1, 0.15) is 37.3 Å². The van der Waals surface area contributed by atoms with Crippen molar-refractivity contribution in [2.75, 3.05) is 11.9 Å². The van der Waals surface area contributed by atoms with Gasteiger partial charge >= 0.3 is 0 Å². The minimum absolute atomic E-state index is 0.664. The fourth-order valence-corrected chi connectivity index (χ4v) is 3.19. The molecular formula is C16H19N3. The number of aromatic nitrogens is 2. The van der Waals surface area contributed by atoms with Crippen LogP contribution in [0.5, 0.6) is 0 Å². The molecule has 0 unspecified atom stereocenters. The van der Waals surface area contributed by atoms with Gasteiger partial charge in [-0.2, -0.15) is 0 Å². The number of nitrogens with zero attached hydrogens (tertiary/aromatic N) is 2. The lowest BCUT2D eigenvalue weighted by Gasteiger charge is -2.29. The number of imidazole rings is 1. The molecule has 2 aliphatic rings. The fourth-order valence-electron chi connectivity index (χ4n) is 3.19. The number of aryl methyl sites for hydroxylation is 1. The number of benzene rings is 1. The predicted molar refractivity (Wildman–Crippen MR) is 77.4 cm³/mol. The molecule has 1 aliphatic heterocycles. The van der Waals surface area contributed by atoms with E-state index in [4.69, 9.17) is 0 Å². The number of para-hydroxylation sites is 1. The lowest BCUT2D eigenvalue weighted by atomic mass is 9.92. The molecule has 1 N–H and O–H groups in total. The molecule has 2 heterocycles. The van der Waals surface area contributed by atoms with Crippen molar-refractivity contribution >= 4 is 5.69 Å². The van der Waals surface area contributed by atoms with Crippen LogP contribution in [0.4, 0.5) is 5.69 Å². The zero-order valence-electron chi connectivity index (χ0n) is 11.1. The van der Waals surface area contributed by atoms with Crippen molar-refractivity contribution in [2.24, 2.45) is 0 Å². The van der Waals surface area contributed by atoms with Crippen molar-refractivity contribution in [3.05, 3.63) is 36.3 Å². The Kier molecular flexibility index (Phi) is 2.57. The molecule has 1 aliphatic carbocycles. The lowest BCUT2D eigenvalue weighted by Crippen LogP contribution is -2.18. The number of rotatable bonds is 2. The Morgan fingerprint density at radius 3 is 3.00 bits per heavy atom. The van der Waals surface area contributed by atoms with Crippen molar-refractivity contribution in [2.45, 2.75) is 38.1 Å². The van der Waals surface area contributed by atoms with Crippen LogP contribution >= 0.6 is 0 Å². The van der Waals surface area contributed by atoms with Crippen LogP contribution in [0.15, 0.2) is 30.7 Å². The Bertz CT molecular complexity index is 596. The Morgan fingerprint density at radius 1 is 1.21 bits per heavy atom. The van der Waals surface area contributed by atoms with Crippen LogP contribution in [-0.2, 0) is 6.42 Å². The summed E-state index contributed by atoms with van der Waals surface area (Å²) in [5.41, 5.74) is 5.37. The normalized spacial score (nSPS) is 18.5. The average molecular weight is 253 g/mol. The zero-order chi connectivity index (χ0) is 12.7. The monoisotopic (exact) mass is 253 g/mol. The van der Waals surface area contributed by atoms with Crippen LogP contribution < -0.4 is 5.32 Å². The molecule has 3 nitrogen and oxygen atoms in total. The van der Waals surface area contributed by atoms with E-state index in [1.54, 1.807) is 0 Å². The maximum absolute atomic E-state index is 4.39. The summed E-state index contributed by atoms with van der Waals surface area (Å²) in [5, 5.41) is 3.58. The minimum atomic E-state index is 0.664. The summed E-state index contributed by atoms with van der Waals surface area (Å²) in [6, 6.07) is 7.31. The number of fused-ring (bicyclic) bond motifs is 1. The average Bonchev–Trinajstić information content (AvgIpc) is 2.85. The highest BCUT2D eigenvalue weighted by Gasteiger charge is 2.23. The van der Waals surface area contributed by atoms with Crippen molar-refractivity contribution in [1.82, 2.24) is 9.55 Å². The van der Waals surface area contributed by atoms with E-state index in [1.165, 1.54) is 54.6 Å². The summed E-state index contributed by atoms with van der Waals surface area (Å²) >= 11 is 0. The molecule has 0 atom stereocenters. The first-order chi connectivity index (χ1) is 9.43. The van der Waals surface area contributed by atoms with E-state index < -0.39 is 0 Å². The van der Waals surface area contributed by atoms with Crippen molar-refractivity contribution in [3.8, 4) is 11.3 Å². The van der Waals surface area contributed by atoms with Crippen molar-refractivity contribution < 1.29 is 0 Å². The topological polar surface area (TPSA) is 29.9 Å². The third-order valence-corrected chi connectivity index (χ3v) is 4.49. The van der Waals surface area contributed by atoms with Gasteiger partial charge in [-0.25, -0.2) is 4.98 Å². The second kappa shape index (κ2) is 4.41. The quantitative estimate of drug-likeness (QED) is 0.885. The van der Waals surface area contributed by atoms with Gasteiger partial charge in [-0.3, -0.25) is 0 Å². The van der Waals surface area contributed by atoms with E-state index in [9.17, 15) is 0 Å². The summed E-state index contributed by atoms with van der Waals surface area (Å²) in [7, 11) is 0. The van der Waals surface area contributed by atoms with Crippen LogP contribution in [0, 0.1) is 0 Å². The molecule has 98 valence electrons. The molecule has 0 spiro atoms. The highest BCUT2D eigenvalue weighted by atomic mass is 15.1. The molecule has 1 saturated carbocycles. The van der Waals surface area contributed by atoms with Crippen LogP contribution in [0.25, 0.3) is 11.3 Å². The SMILES string of the molecule is c1cc2c(c(-c3cncn3C3CCC3)c1)NCCC2. The van der Waals surface area contributed by atoms with Gasteiger partial charge in [0.25, 0.3) is 0 Å². The maximum atomic E-state index is 4.39. The molecule has 0 radical (unpaired) electrons. The van der Waals surface area contributed by atoms with Gasteiger partial charge in [0.1, 0.15) is 0 Å². The first-order valence-corrected chi connectivity index (χ1v) is 7.31. The summed E-state index contributed by atoms with van der Waals surface area (Å²) in [5.74, 6) is 0. The fraction of sp³-hybridized carbons (Fsp3) is 0.438. The third kappa shape index (κ3) is 1.76. The van der Waals surface area contributed by atoms with Gasteiger partial charge in [0.05, 0.1) is 18.2 Å². The third-order valence-electron chi connectivity index (χ3n) is 4.49.